The first-order valence-corrected chi connectivity index (χ1v) is 11.1. The molecule has 5 aromatic rings. The Morgan fingerprint density at radius 2 is 1.83 bits per heavy atom. The van der Waals surface area contributed by atoms with Gasteiger partial charge in [0.15, 0.2) is 5.13 Å². The lowest BCUT2D eigenvalue weighted by molar-refractivity contribution is 0.0987. The minimum absolute atomic E-state index is 0.220. The van der Waals surface area contributed by atoms with E-state index in [0.717, 1.165) is 14.8 Å². The Kier molecular flexibility index (Phi) is 4.80. The molecule has 5 rings (SSSR count). The van der Waals surface area contributed by atoms with Gasteiger partial charge < -0.3 is 4.42 Å². The zero-order valence-electron chi connectivity index (χ0n) is 14.8. The average molecular weight is 459 g/mol. The summed E-state index contributed by atoms with van der Waals surface area (Å²) in [5.41, 5.74) is 0.675. The number of hydrogen-bond acceptors (Lipinski definition) is 5. The Labute approximate surface area is 183 Å². The van der Waals surface area contributed by atoms with E-state index in [0.29, 0.717) is 31.3 Å². The van der Waals surface area contributed by atoms with Gasteiger partial charge in [0.25, 0.3) is 5.91 Å². The van der Waals surface area contributed by atoms with Crippen molar-refractivity contribution in [3.63, 3.8) is 0 Å². The summed E-state index contributed by atoms with van der Waals surface area (Å²) in [5.74, 6) is 0.434. The van der Waals surface area contributed by atoms with Gasteiger partial charge in [0.2, 0.25) is 0 Å². The van der Waals surface area contributed by atoms with Crippen LogP contribution < -0.4 is 4.90 Å². The molecule has 0 unspecified atom stereocenters. The molecule has 4 nitrogen and oxygen atoms in total. The van der Waals surface area contributed by atoms with Gasteiger partial charge >= 0.3 is 0 Å². The van der Waals surface area contributed by atoms with Gasteiger partial charge in [-0.05, 0) is 30.3 Å². The first kappa shape index (κ1) is 18.6. The summed E-state index contributed by atoms with van der Waals surface area (Å²) in [4.78, 5) is 20.3. The van der Waals surface area contributed by atoms with E-state index in [1.807, 2.05) is 42.5 Å². The Hall–Kier alpha value is -2.38. The van der Waals surface area contributed by atoms with Crippen molar-refractivity contribution in [2.45, 2.75) is 6.54 Å². The SMILES string of the molecule is O=C(c1sc2ccccc2c1Cl)N(Cc1ccco1)c1nc2c(Cl)cccc2s1. The van der Waals surface area contributed by atoms with Crippen molar-refractivity contribution >= 4 is 77.2 Å². The molecule has 3 aromatic heterocycles. The lowest BCUT2D eigenvalue weighted by atomic mass is 10.2. The number of carbonyl (C=O) groups excluding carboxylic acids is 1. The number of amides is 1. The van der Waals surface area contributed by atoms with Gasteiger partial charge in [-0.3, -0.25) is 9.69 Å². The summed E-state index contributed by atoms with van der Waals surface area (Å²) >= 11 is 15.6. The molecule has 0 atom stereocenters. The molecule has 0 N–H and O–H groups in total. The average Bonchev–Trinajstić information content (AvgIpc) is 3.45. The lowest BCUT2D eigenvalue weighted by Crippen LogP contribution is -2.29. The number of furan rings is 1. The second-order valence-electron chi connectivity index (χ2n) is 6.30. The first-order valence-electron chi connectivity index (χ1n) is 8.68. The minimum atomic E-state index is -0.220. The summed E-state index contributed by atoms with van der Waals surface area (Å²) in [7, 11) is 0. The summed E-state index contributed by atoms with van der Waals surface area (Å²) in [5, 5.41) is 2.42. The van der Waals surface area contributed by atoms with Crippen LogP contribution in [0.3, 0.4) is 0 Å². The number of rotatable bonds is 4. The van der Waals surface area contributed by atoms with E-state index in [-0.39, 0.29) is 12.5 Å². The van der Waals surface area contributed by atoms with Gasteiger partial charge in [-0.15, -0.1) is 11.3 Å². The molecule has 0 bridgehead atoms. The maximum absolute atomic E-state index is 13.6. The highest BCUT2D eigenvalue weighted by atomic mass is 35.5. The van der Waals surface area contributed by atoms with E-state index >= 15 is 0 Å². The Balaban J connectivity index is 1.63. The number of fused-ring (bicyclic) bond motifs is 2. The predicted octanol–water partition coefficient (Wildman–Crippen LogP) is 7.26. The van der Waals surface area contributed by atoms with Crippen LogP contribution in [0.2, 0.25) is 10.0 Å². The molecule has 8 heteroatoms. The second-order valence-corrected chi connectivity index (χ2v) is 9.14. The number of nitrogens with zero attached hydrogens (tertiary/aromatic N) is 2. The molecule has 144 valence electrons. The summed E-state index contributed by atoms with van der Waals surface area (Å²) in [6.07, 6.45) is 1.58. The van der Waals surface area contributed by atoms with Crippen LogP contribution in [0, 0.1) is 0 Å². The molecule has 2 aromatic carbocycles. The number of para-hydroxylation sites is 1. The van der Waals surface area contributed by atoms with E-state index in [1.54, 1.807) is 23.3 Å². The normalized spacial score (nSPS) is 11.4. The largest absolute Gasteiger partial charge is 0.467 e. The molecular weight excluding hydrogens is 447 g/mol. The highest BCUT2D eigenvalue weighted by molar-refractivity contribution is 7.23. The zero-order chi connectivity index (χ0) is 20.0. The van der Waals surface area contributed by atoms with Crippen molar-refractivity contribution in [1.82, 2.24) is 4.98 Å². The maximum Gasteiger partial charge on any atom is 0.272 e. The van der Waals surface area contributed by atoms with Crippen molar-refractivity contribution < 1.29 is 9.21 Å². The van der Waals surface area contributed by atoms with Crippen LogP contribution in [0.25, 0.3) is 20.3 Å². The number of hydrogen-bond donors (Lipinski definition) is 0. The third-order valence-corrected chi connectivity index (χ3v) is 7.47. The van der Waals surface area contributed by atoms with Crippen molar-refractivity contribution in [3.05, 3.63) is 81.5 Å². The molecule has 3 heterocycles. The number of halogens is 2. The third kappa shape index (κ3) is 3.32. The number of anilines is 1. The highest BCUT2D eigenvalue weighted by Crippen LogP contribution is 2.39. The van der Waals surface area contributed by atoms with Crippen LogP contribution in [0.15, 0.2) is 65.3 Å². The van der Waals surface area contributed by atoms with Crippen LogP contribution >= 0.6 is 45.9 Å². The molecular formula is C21H12Cl2N2O2S2. The quantitative estimate of drug-likeness (QED) is 0.284. The van der Waals surface area contributed by atoms with E-state index in [9.17, 15) is 4.79 Å². The number of thiophene rings is 1. The number of benzene rings is 2. The monoisotopic (exact) mass is 458 g/mol. The van der Waals surface area contributed by atoms with Gasteiger partial charge in [0, 0.05) is 10.1 Å². The van der Waals surface area contributed by atoms with Crippen LogP contribution in [0.1, 0.15) is 15.4 Å². The maximum atomic E-state index is 13.6. The first-order chi connectivity index (χ1) is 14.1. The van der Waals surface area contributed by atoms with E-state index < -0.39 is 0 Å². The fourth-order valence-corrected chi connectivity index (χ4v) is 5.80. The Bertz CT molecular complexity index is 1340. The van der Waals surface area contributed by atoms with Crippen LogP contribution in [0.4, 0.5) is 5.13 Å². The minimum Gasteiger partial charge on any atom is -0.467 e. The summed E-state index contributed by atoms with van der Waals surface area (Å²) < 4.78 is 7.36. The van der Waals surface area contributed by atoms with E-state index in [1.165, 1.54) is 22.7 Å². The molecule has 1 amide bonds. The topological polar surface area (TPSA) is 46.3 Å². The molecule has 0 saturated carbocycles. The molecule has 29 heavy (non-hydrogen) atoms. The standard InChI is InChI=1S/C21H12Cl2N2O2S2/c22-14-7-3-9-16-18(14)24-21(29-16)25(11-12-5-4-10-27-12)20(26)19-17(23)13-6-1-2-8-15(13)28-19/h1-10H,11H2. The molecule has 0 spiro atoms. The third-order valence-electron chi connectivity index (χ3n) is 4.46. The van der Waals surface area contributed by atoms with Gasteiger partial charge in [-0.1, -0.05) is 58.8 Å². The molecule has 0 radical (unpaired) electrons. The van der Waals surface area contributed by atoms with Gasteiger partial charge in [0.05, 0.1) is 27.6 Å². The van der Waals surface area contributed by atoms with Gasteiger partial charge in [-0.2, -0.15) is 0 Å². The van der Waals surface area contributed by atoms with Crippen molar-refractivity contribution in [3.8, 4) is 0 Å². The Morgan fingerprint density at radius 3 is 2.59 bits per heavy atom. The molecule has 0 aliphatic carbocycles. The zero-order valence-corrected chi connectivity index (χ0v) is 17.9. The van der Waals surface area contributed by atoms with Crippen molar-refractivity contribution in [2.75, 3.05) is 4.90 Å². The lowest BCUT2D eigenvalue weighted by Gasteiger charge is -2.18. The number of carbonyl (C=O) groups is 1. The molecule has 0 aliphatic rings. The van der Waals surface area contributed by atoms with Crippen LogP contribution in [-0.4, -0.2) is 10.9 Å². The summed E-state index contributed by atoms with van der Waals surface area (Å²) in [6.45, 7) is 0.244. The highest BCUT2D eigenvalue weighted by Gasteiger charge is 2.27. The molecule has 0 aliphatic heterocycles. The van der Waals surface area contributed by atoms with Crippen molar-refractivity contribution in [2.24, 2.45) is 0 Å². The Morgan fingerprint density at radius 1 is 1.00 bits per heavy atom. The van der Waals surface area contributed by atoms with E-state index in [4.69, 9.17) is 27.6 Å². The molecule has 0 fully saturated rings. The smallest absolute Gasteiger partial charge is 0.272 e. The fourth-order valence-electron chi connectivity index (χ4n) is 3.08. The van der Waals surface area contributed by atoms with E-state index in [2.05, 4.69) is 4.98 Å². The van der Waals surface area contributed by atoms with Gasteiger partial charge in [0.1, 0.15) is 16.2 Å². The fraction of sp³-hybridized carbons (Fsp3) is 0.0476. The van der Waals surface area contributed by atoms with Gasteiger partial charge in [-0.25, -0.2) is 4.98 Å². The second kappa shape index (κ2) is 7.46. The number of thiazole rings is 1. The number of aromatic nitrogens is 1. The summed E-state index contributed by atoms with van der Waals surface area (Å²) in [6, 6.07) is 16.9. The molecule has 0 saturated heterocycles. The predicted molar refractivity (Wildman–Crippen MR) is 121 cm³/mol. The van der Waals surface area contributed by atoms with Crippen LogP contribution in [0.5, 0.6) is 0 Å². The van der Waals surface area contributed by atoms with Crippen molar-refractivity contribution in [1.29, 1.82) is 0 Å². The van der Waals surface area contributed by atoms with Crippen LogP contribution in [-0.2, 0) is 6.54 Å².